The molecule has 0 amide bonds. The van der Waals surface area contributed by atoms with Crippen LogP contribution in [0.15, 0.2) is 24.3 Å². The SMILES string of the molecule is Cc1cccc(C(C(C)N)N2CCN3CCCCC3C2)c1. The Balaban J connectivity index is 1.78. The highest BCUT2D eigenvalue weighted by atomic mass is 15.3. The van der Waals surface area contributed by atoms with Crippen molar-refractivity contribution in [1.82, 2.24) is 9.80 Å². The van der Waals surface area contributed by atoms with Gasteiger partial charge in [0, 0.05) is 37.8 Å². The third-order valence-corrected chi connectivity index (χ3v) is 5.14. The van der Waals surface area contributed by atoms with Crippen LogP contribution in [-0.2, 0) is 0 Å². The Morgan fingerprint density at radius 2 is 2.05 bits per heavy atom. The molecule has 3 unspecified atom stereocenters. The van der Waals surface area contributed by atoms with E-state index in [-0.39, 0.29) is 6.04 Å². The summed E-state index contributed by atoms with van der Waals surface area (Å²) in [5.74, 6) is 0. The lowest BCUT2D eigenvalue weighted by Crippen LogP contribution is -2.57. The smallest absolute Gasteiger partial charge is 0.0497 e. The predicted molar refractivity (Wildman–Crippen MR) is 88.4 cm³/mol. The first-order valence-electron chi connectivity index (χ1n) is 8.45. The molecule has 116 valence electrons. The summed E-state index contributed by atoms with van der Waals surface area (Å²) in [6.07, 6.45) is 4.13. The van der Waals surface area contributed by atoms with E-state index in [4.69, 9.17) is 5.73 Å². The van der Waals surface area contributed by atoms with Crippen molar-refractivity contribution in [2.75, 3.05) is 26.2 Å². The van der Waals surface area contributed by atoms with Gasteiger partial charge in [0.2, 0.25) is 0 Å². The molecule has 0 aromatic heterocycles. The Kier molecular flexibility index (Phi) is 4.63. The average Bonchev–Trinajstić information content (AvgIpc) is 2.47. The van der Waals surface area contributed by atoms with Crippen molar-refractivity contribution in [2.45, 2.75) is 51.2 Å². The molecule has 0 bridgehead atoms. The van der Waals surface area contributed by atoms with Gasteiger partial charge in [0.05, 0.1) is 0 Å². The number of hydrogen-bond acceptors (Lipinski definition) is 3. The molecular formula is C18H29N3. The number of nitrogens with zero attached hydrogens (tertiary/aromatic N) is 2. The molecule has 2 aliphatic rings. The van der Waals surface area contributed by atoms with Crippen molar-refractivity contribution >= 4 is 0 Å². The van der Waals surface area contributed by atoms with Gasteiger partial charge in [0.1, 0.15) is 0 Å². The number of piperazine rings is 1. The van der Waals surface area contributed by atoms with Crippen molar-refractivity contribution in [3.8, 4) is 0 Å². The molecule has 1 aromatic rings. The first-order chi connectivity index (χ1) is 10.1. The van der Waals surface area contributed by atoms with E-state index in [2.05, 4.69) is 47.9 Å². The van der Waals surface area contributed by atoms with Crippen LogP contribution in [0.4, 0.5) is 0 Å². The number of aryl methyl sites for hydroxylation is 1. The molecule has 2 N–H and O–H groups in total. The van der Waals surface area contributed by atoms with Gasteiger partial charge in [-0.2, -0.15) is 0 Å². The minimum absolute atomic E-state index is 0.168. The highest BCUT2D eigenvalue weighted by molar-refractivity contribution is 5.26. The van der Waals surface area contributed by atoms with Crippen LogP contribution in [0.1, 0.15) is 43.4 Å². The zero-order valence-corrected chi connectivity index (χ0v) is 13.5. The van der Waals surface area contributed by atoms with Gasteiger partial charge in [-0.1, -0.05) is 36.2 Å². The van der Waals surface area contributed by atoms with Crippen LogP contribution in [0.3, 0.4) is 0 Å². The number of nitrogens with two attached hydrogens (primary N) is 1. The zero-order valence-electron chi connectivity index (χ0n) is 13.5. The van der Waals surface area contributed by atoms with E-state index < -0.39 is 0 Å². The minimum Gasteiger partial charge on any atom is -0.326 e. The molecular weight excluding hydrogens is 258 g/mol. The lowest BCUT2D eigenvalue weighted by molar-refractivity contribution is 0.0219. The van der Waals surface area contributed by atoms with Crippen LogP contribution in [0.25, 0.3) is 0 Å². The Hall–Kier alpha value is -0.900. The van der Waals surface area contributed by atoms with Gasteiger partial charge in [0.25, 0.3) is 0 Å². The Bertz CT molecular complexity index is 471. The van der Waals surface area contributed by atoms with E-state index >= 15 is 0 Å². The fourth-order valence-corrected chi connectivity index (χ4v) is 4.13. The standard InChI is InChI=1S/C18H29N3/c1-14-6-5-7-16(12-14)18(15(2)19)21-11-10-20-9-4-3-8-17(20)13-21/h5-7,12,15,17-18H,3-4,8-11,13,19H2,1-2H3. The molecule has 3 heteroatoms. The number of piperidine rings is 1. The van der Waals surface area contributed by atoms with E-state index in [1.54, 1.807) is 0 Å². The van der Waals surface area contributed by atoms with E-state index in [0.717, 1.165) is 12.6 Å². The van der Waals surface area contributed by atoms with E-state index in [1.165, 1.54) is 50.0 Å². The second-order valence-electron chi connectivity index (χ2n) is 6.90. The molecule has 2 fully saturated rings. The van der Waals surface area contributed by atoms with Crippen molar-refractivity contribution in [2.24, 2.45) is 5.73 Å². The molecule has 0 saturated carbocycles. The van der Waals surface area contributed by atoms with E-state index in [9.17, 15) is 0 Å². The van der Waals surface area contributed by atoms with Crippen LogP contribution in [0.5, 0.6) is 0 Å². The lowest BCUT2D eigenvalue weighted by Gasteiger charge is -2.47. The second-order valence-corrected chi connectivity index (χ2v) is 6.90. The summed E-state index contributed by atoms with van der Waals surface area (Å²) in [4.78, 5) is 5.32. The topological polar surface area (TPSA) is 32.5 Å². The normalized spacial score (nSPS) is 27.1. The summed E-state index contributed by atoms with van der Waals surface area (Å²) in [6.45, 7) is 9.16. The molecule has 3 nitrogen and oxygen atoms in total. The maximum atomic E-state index is 6.36. The molecule has 3 rings (SSSR count). The van der Waals surface area contributed by atoms with Gasteiger partial charge < -0.3 is 5.73 Å². The highest BCUT2D eigenvalue weighted by Gasteiger charge is 2.33. The Labute approximate surface area is 129 Å². The average molecular weight is 287 g/mol. The van der Waals surface area contributed by atoms with E-state index in [0.29, 0.717) is 6.04 Å². The zero-order chi connectivity index (χ0) is 14.8. The number of benzene rings is 1. The third kappa shape index (κ3) is 3.31. The third-order valence-electron chi connectivity index (χ3n) is 5.14. The first kappa shape index (κ1) is 15.0. The summed E-state index contributed by atoms with van der Waals surface area (Å²) in [7, 11) is 0. The summed E-state index contributed by atoms with van der Waals surface area (Å²) < 4.78 is 0. The Morgan fingerprint density at radius 3 is 2.81 bits per heavy atom. The summed E-state index contributed by atoms with van der Waals surface area (Å²) >= 11 is 0. The summed E-state index contributed by atoms with van der Waals surface area (Å²) in [6, 6.07) is 10.2. The minimum atomic E-state index is 0.168. The molecule has 2 saturated heterocycles. The van der Waals surface area contributed by atoms with Crippen LogP contribution < -0.4 is 5.73 Å². The summed E-state index contributed by atoms with van der Waals surface area (Å²) in [5, 5.41) is 0. The molecule has 2 aliphatic heterocycles. The molecule has 0 spiro atoms. The molecule has 2 heterocycles. The molecule has 3 atom stereocenters. The highest BCUT2D eigenvalue weighted by Crippen LogP contribution is 2.29. The van der Waals surface area contributed by atoms with Crippen LogP contribution >= 0.6 is 0 Å². The van der Waals surface area contributed by atoms with Gasteiger partial charge in [-0.15, -0.1) is 0 Å². The van der Waals surface area contributed by atoms with Crippen molar-refractivity contribution in [3.63, 3.8) is 0 Å². The fraction of sp³-hybridized carbons (Fsp3) is 0.667. The van der Waals surface area contributed by atoms with Gasteiger partial charge in [-0.25, -0.2) is 0 Å². The number of fused-ring (bicyclic) bond motifs is 1. The molecule has 0 aliphatic carbocycles. The summed E-state index contributed by atoms with van der Waals surface area (Å²) in [5.41, 5.74) is 9.07. The number of hydrogen-bond donors (Lipinski definition) is 1. The maximum Gasteiger partial charge on any atom is 0.0497 e. The first-order valence-corrected chi connectivity index (χ1v) is 8.45. The monoisotopic (exact) mass is 287 g/mol. The van der Waals surface area contributed by atoms with Crippen LogP contribution in [0, 0.1) is 6.92 Å². The molecule has 0 radical (unpaired) electrons. The fourth-order valence-electron chi connectivity index (χ4n) is 4.13. The van der Waals surface area contributed by atoms with Crippen molar-refractivity contribution in [3.05, 3.63) is 35.4 Å². The van der Waals surface area contributed by atoms with Gasteiger partial charge in [0.15, 0.2) is 0 Å². The van der Waals surface area contributed by atoms with Crippen LogP contribution in [0.2, 0.25) is 0 Å². The van der Waals surface area contributed by atoms with Gasteiger partial charge >= 0.3 is 0 Å². The van der Waals surface area contributed by atoms with Crippen LogP contribution in [-0.4, -0.2) is 48.1 Å². The van der Waals surface area contributed by atoms with E-state index in [1.807, 2.05) is 0 Å². The van der Waals surface area contributed by atoms with Crippen molar-refractivity contribution < 1.29 is 0 Å². The van der Waals surface area contributed by atoms with Gasteiger partial charge in [-0.05, 0) is 38.8 Å². The van der Waals surface area contributed by atoms with Gasteiger partial charge in [-0.3, -0.25) is 9.80 Å². The van der Waals surface area contributed by atoms with Crippen molar-refractivity contribution in [1.29, 1.82) is 0 Å². The molecule has 1 aromatic carbocycles. The second kappa shape index (κ2) is 6.47. The quantitative estimate of drug-likeness (QED) is 0.927. The largest absolute Gasteiger partial charge is 0.326 e. The Morgan fingerprint density at radius 1 is 1.19 bits per heavy atom. The predicted octanol–water partition coefficient (Wildman–Crippen LogP) is 2.55. The lowest BCUT2D eigenvalue weighted by atomic mass is 9.93. The maximum absolute atomic E-state index is 6.36. The number of rotatable bonds is 3. The molecule has 21 heavy (non-hydrogen) atoms.